The maximum absolute atomic E-state index is 14.0. The second-order valence-corrected chi connectivity index (χ2v) is 4.40. The van der Waals surface area contributed by atoms with Crippen molar-refractivity contribution in [1.29, 1.82) is 0 Å². The minimum atomic E-state index is -1.11. The molecule has 109 valence electrons. The summed E-state index contributed by atoms with van der Waals surface area (Å²) < 4.78 is 59.0. The van der Waals surface area contributed by atoms with Crippen LogP contribution < -0.4 is 10.2 Å². The van der Waals surface area contributed by atoms with Crippen LogP contribution >= 0.6 is 0 Å². The fraction of sp³-hybridized carbons (Fsp3) is 0.0667. The van der Waals surface area contributed by atoms with Crippen LogP contribution in [0, 0.1) is 23.3 Å². The molecule has 2 aromatic carbocycles. The molecule has 0 bridgehead atoms. The van der Waals surface area contributed by atoms with Gasteiger partial charge in [-0.2, -0.15) is 0 Å². The Labute approximate surface area is 169 Å². The zero-order valence-electron chi connectivity index (χ0n) is 12.4. The third-order valence-corrected chi connectivity index (χ3v) is 3.05. The number of halogens is 4. The van der Waals surface area contributed by atoms with Crippen molar-refractivity contribution in [2.45, 2.75) is 0 Å². The summed E-state index contributed by atoms with van der Waals surface area (Å²) in [6.07, 6.45) is 2.56. The van der Waals surface area contributed by atoms with E-state index >= 15 is 0 Å². The summed E-state index contributed by atoms with van der Waals surface area (Å²) in [5.41, 5.74) is -0.182. The molecule has 0 fully saturated rings. The first kappa shape index (κ1) is 19.4. The van der Waals surface area contributed by atoms with Gasteiger partial charge in [0.1, 0.15) is 19.5 Å². The van der Waals surface area contributed by atoms with E-state index in [1.165, 1.54) is 38.2 Å². The minimum absolute atomic E-state index is 0. The number of ether oxygens (including phenoxy) is 1. The first-order valence-corrected chi connectivity index (χ1v) is 6.10. The Morgan fingerprint density at radius 3 is 2.05 bits per heavy atom. The molecular weight excluding hydrogens is 322 g/mol. The van der Waals surface area contributed by atoms with Crippen LogP contribution in [0.25, 0.3) is 12.2 Å². The summed E-state index contributed by atoms with van der Waals surface area (Å²) in [6.45, 7) is 0. The normalized spacial score (nSPS) is 10.6. The van der Waals surface area contributed by atoms with Gasteiger partial charge in [-0.05, 0) is 29.2 Å². The minimum Gasteiger partial charge on any atom is -0.491 e. The van der Waals surface area contributed by atoms with Gasteiger partial charge < -0.3 is 4.74 Å². The first-order chi connectivity index (χ1) is 9.95. The molecule has 2 rings (SSSR count). The fourth-order valence-corrected chi connectivity index (χ4v) is 1.86. The van der Waals surface area contributed by atoms with Crippen LogP contribution in [-0.2, 0) is 0 Å². The van der Waals surface area contributed by atoms with E-state index in [-0.39, 0.29) is 56.8 Å². The van der Waals surface area contributed by atoms with Gasteiger partial charge in [-0.15, -0.1) is 0 Å². The van der Waals surface area contributed by atoms with E-state index in [0.29, 0.717) is 5.56 Å². The maximum Gasteiger partial charge on any atom is 0.190 e. The molecule has 0 aliphatic rings. The van der Waals surface area contributed by atoms with E-state index in [0.717, 1.165) is 13.2 Å². The maximum atomic E-state index is 14.0. The topological polar surface area (TPSA) is 9.23 Å². The Morgan fingerprint density at radius 2 is 1.50 bits per heavy atom. The first-order valence-electron chi connectivity index (χ1n) is 6.10. The van der Waals surface area contributed by atoms with E-state index in [1.807, 2.05) is 0 Å². The van der Waals surface area contributed by atoms with Crippen LogP contribution in [0.4, 0.5) is 17.6 Å². The Balaban J connectivity index is 0.00000242. The molecule has 0 unspecified atom stereocenters. The average Bonchev–Trinajstić information content (AvgIpc) is 2.47. The molecule has 1 nitrogen and oxygen atoms in total. The zero-order valence-corrected chi connectivity index (χ0v) is 15.5. The number of hydrogen-bond acceptors (Lipinski definition) is 1. The van der Waals surface area contributed by atoms with Crippen molar-refractivity contribution in [3.8, 4) is 5.75 Å². The van der Waals surface area contributed by atoms with Crippen LogP contribution in [0.3, 0.4) is 0 Å². The van der Waals surface area contributed by atoms with Crippen molar-refractivity contribution in [3.63, 3.8) is 0 Å². The summed E-state index contributed by atoms with van der Waals surface area (Å²) in [5.74, 6) is -4.22. The van der Waals surface area contributed by atoms with E-state index in [4.69, 9.17) is 0 Å². The quantitative estimate of drug-likeness (QED) is 0.476. The predicted octanol–water partition coefficient (Wildman–Crippen LogP) is 2.30. The smallest absolute Gasteiger partial charge is 0.190 e. The summed E-state index contributed by atoms with van der Waals surface area (Å²) >= 11 is 0. The van der Waals surface area contributed by atoms with Crippen molar-refractivity contribution < 1.29 is 22.3 Å². The molecule has 0 amide bonds. The Bertz CT molecular complexity index is 702. The van der Waals surface area contributed by atoms with Gasteiger partial charge in [-0.25, -0.2) is 17.6 Å². The molecule has 0 heterocycles. The fourth-order valence-electron chi connectivity index (χ4n) is 1.86. The molecule has 0 aliphatic carbocycles. The van der Waals surface area contributed by atoms with Crippen molar-refractivity contribution in [2.24, 2.45) is 0 Å². The largest absolute Gasteiger partial charge is 0.491 e. The molecule has 0 saturated carbocycles. The van der Waals surface area contributed by atoms with Crippen LogP contribution in [0.5, 0.6) is 5.75 Å². The number of hydrogen-bond donors (Lipinski definition) is 0. The van der Waals surface area contributed by atoms with Crippen LogP contribution in [0.15, 0.2) is 24.3 Å². The van der Waals surface area contributed by atoms with Crippen LogP contribution in [-0.4, -0.2) is 66.3 Å². The van der Waals surface area contributed by atoms with Gasteiger partial charge in [-0.1, -0.05) is 18.2 Å². The van der Waals surface area contributed by atoms with E-state index < -0.39 is 34.6 Å². The standard InChI is InChI=1S/C15H11BF4O.K/c1-21-15-13(19)10(12(18)11(16)14(15)20)7-4-8-2-5-9(17)6-3-8;/h2-7H,16H2,1H3;/b7-4+;. The average molecular weight is 333 g/mol. The molecular formula is C15H11BF4KO. The Hall–Kier alpha value is -0.599. The third kappa shape index (κ3) is 4.02. The SMILES string of the molecule is Bc1c(F)c(/C=C/c2ccc(F)cc2)c(F)c(OC)c1F.[K]. The second-order valence-electron chi connectivity index (χ2n) is 4.40. The zero-order chi connectivity index (χ0) is 15.6. The van der Waals surface area contributed by atoms with Crippen molar-refractivity contribution in [3.05, 3.63) is 58.7 Å². The summed E-state index contributed by atoms with van der Waals surface area (Å²) in [7, 11) is 2.30. The molecule has 2 aromatic rings. The van der Waals surface area contributed by atoms with Gasteiger partial charge in [0.2, 0.25) is 0 Å². The second kappa shape index (κ2) is 8.31. The third-order valence-electron chi connectivity index (χ3n) is 3.05. The van der Waals surface area contributed by atoms with Gasteiger partial charge in [0.25, 0.3) is 0 Å². The summed E-state index contributed by atoms with van der Waals surface area (Å²) in [5, 5.41) is 0. The molecule has 0 N–H and O–H groups in total. The van der Waals surface area contributed by atoms with Gasteiger partial charge in [-0.3, -0.25) is 0 Å². The molecule has 0 aliphatic heterocycles. The number of methoxy groups -OCH3 is 1. The Kier molecular flexibility index (Phi) is 7.34. The molecule has 0 spiro atoms. The van der Waals surface area contributed by atoms with E-state index in [1.54, 1.807) is 0 Å². The van der Waals surface area contributed by atoms with Gasteiger partial charge in [0, 0.05) is 56.9 Å². The van der Waals surface area contributed by atoms with Gasteiger partial charge in [0.15, 0.2) is 17.4 Å². The molecule has 22 heavy (non-hydrogen) atoms. The summed E-state index contributed by atoms with van der Waals surface area (Å²) in [4.78, 5) is 0. The van der Waals surface area contributed by atoms with Crippen LogP contribution in [0.1, 0.15) is 11.1 Å². The number of rotatable bonds is 3. The van der Waals surface area contributed by atoms with E-state index in [9.17, 15) is 17.6 Å². The molecule has 7 heteroatoms. The molecule has 0 saturated heterocycles. The van der Waals surface area contributed by atoms with Crippen molar-refractivity contribution in [1.82, 2.24) is 0 Å². The Morgan fingerprint density at radius 1 is 0.909 bits per heavy atom. The van der Waals surface area contributed by atoms with Gasteiger partial charge in [0.05, 0.1) is 7.11 Å². The van der Waals surface area contributed by atoms with E-state index in [2.05, 4.69) is 4.74 Å². The van der Waals surface area contributed by atoms with Crippen molar-refractivity contribution in [2.75, 3.05) is 7.11 Å². The monoisotopic (exact) mass is 333 g/mol. The van der Waals surface area contributed by atoms with Crippen molar-refractivity contribution >= 4 is 76.8 Å². The van der Waals surface area contributed by atoms with Crippen LogP contribution in [0.2, 0.25) is 0 Å². The molecule has 0 atom stereocenters. The summed E-state index contributed by atoms with van der Waals surface area (Å²) in [6, 6.07) is 5.36. The van der Waals surface area contributed by atoms with Gasteiger partial charge >= 0.3 is 0 Å². The molecule has 1 radical (unpaired) electrons. The molecule has 0 aromatic heterocycles. The number of benzene rings is 2. The predicted molar refractivity (Wildman–Crippen MR) is 82.1 cm³/mol.